The highest BCUT2D eigenvalue weighted by molar-refractivity contribution is 5.84. The Kier molecular flexibility index (Phi) is 5.25. The molecule has 1 rings (SSSR count). The Morgan fingerprint density at radius 3 is 2.30 bits per heavy atom. The van der Waals surface area contributed by atoms with Gasteiger partial charge in [0.2, 0.25) is 5.91 Å². The number of amides is 1. The quantitative estimate of drug-likeness (QED) is 0.837. The third kappa shape index (κ3) is 4.33. The van der Waals surface area contributed by atoms with E-state index in [1.165, 1.54) is 0 Å². The van der Waals surface area contributed by atoms with E-state index in [1.807, 2.05) is 26.0 Å². The largest absolute Gasteiger partial charge is 0.481 e. The number of pyridine rings is 1. The Bertz CT molecular complexity index is 469. The molecule has 1 amide bonds. The Morgan fingerprint density at radius 1 is 1.30 bits per heavy atom. The predicted octanol–water partition coefficient (Wildman–Crippen LogP) is 2.40. The number of aliphatic carboxylic acids is 1. The summed E-state index contributed by atoms with van der Waals surface area (Å²) in [6.45, 7) is 7.11. The summed E-state index contributed by atoms with van der Waals surface area (Å²) < 4.78 is 0. The van der Waals surface area contributed by atoms with Gasteiger partial charge in [0.05, 0.1) is 11.5 Å². The maximum atomic E-state index is 12.1. The monoisotopic (exact) mass is 278 g/mol. The zero-order valence-corrected chi connectivity index (χ0v) is 12.4. The van der Waals surface area contributed by atoms with Crippen LogP contribution in [0.3, 0.4) is 0 Å². The van der Waals surface area contributed by atoms with Gasteiger partial charge in [-0.05, 0) is 37.5 Å². The highest BCUT2D eigenvalue weighted by atomic mass is 16.4. The third-order valence-electron chi connectivity index (χ3n) is 3.23. The van der Waals surface area contributed by atoms with E-state index in [1.54, 1.807) is 26.2 Å². The lowest BCUT2D eigenvalue weighted by Gasteiger charge is -2.25. The number of carboxylic acid groups (broad SMARTS) is 1. The van der Waals surface area contributed by atoms with Crippen LogP contribution in [0.1, 0.15) is 45.7 Å². The van der Waals surface area contributed by atoms with Crippen molar-refractivity contribution in [2.45, 2.75) is 40.2 Å². The molecule has 5 heteroatoms. The van der Waals surface area contributed by atoms with Crippen molar-refractivity contribution in [3.63, 3.8) is 0 Å². The second kappa shape index (κ2) is 6.50. The summed E-state index contributed by atoms with van der Waals surface area (Å²) in [4.78, 5) is 27.1. The molecule has 0 aliphatic rings. The number of hydrogen-bond acceptors (Lipinski definition) is 3. The summed E-state index contributed by atoms with van der Waals surface area (Å²) in [6.07, 6.45) is 3.31. The van der Waals surface area contributed by atoms with Gasteiger partial charge in [0, 0.05) is 18.8 Å². The maximum Gasteiger partial charge on any atom is 0.309 e. The van der Waals surface area contributed by atoms with Gasteiger partial charge in [-0.25, -0.2) is 0 Å². The van der Waals surface area contributed by atoms with Crippen LogP contribution < -0.4 is 5.32 Å². The molecule has 1 aromatic heterocycles. The van der Waals surface area contributed by atoms with Crippen molar-refractivity contribution in [3.05, 3.63) is 30.1 Å². The summed E-state index contributed by atoms with van der Waals surface area (Å²) in [6, 6.07) is 3.57. The van der Waals surface area contributed by atoms with Crippen LogP contribution in [0.2, 0.25) is 0 Å². The number of carbonyl (C=O) groups is 2. The average Bonchev–Trinajstić information content (AvgIpc) is 2.36. The zero-order valence-electron chi connectivity index (χ0n) is 12.4. The van der Waals surface area contributed by atoms with Crippen LogP contribution in [-0.4, -0.2) is 22.0 Å². The fraction of sp³-hybridized carbons (Fsp3) is 0.533. The third-order valence-corrected chi connectivity index (χ3v) is 3.23. The van der Waals surface area contributed by atoms with Crippen LogP contribution in [0.5, 0.6) is 0 Å². The van der Waals surface area contributed by atoms with E-state index in [2.05, 4.69) is 10.3 Å². The van der Waals surface area contributed by atoms with Crippen molar-refractivity contribution < 1.29 is 14.7 Å². The van der Waals surface area contributed by atoms with Gasteiger partial charge in [0.15, 0.2) is 0 Å². The molecule has 0 aromatic carbocycles. The second-order valence-corrected chi connectivity index (χ2v) is 5.94. The summed E-state index contributed by atoms with van der Waals surface area (Å²) in [5.41, 5.74) is -0.0967. The van der Waals surface area contributed by atoms with E-state index in [0.29, 0.717) is 0 Å². The van der Waals surface area contributed by atoms with Crippen molar-refractivity contribution in [1.29, 1.82) is 0 Å². The topological polar surface area (TPSA) is 79.3 Å². The highest BCUT2D eigenvalue weighted by Crippen LogP contribution is 2.24. The van der Waals surface area contributed by atoms with Crippen LogP contribution in [0.25, 0.3) is 0 Å². The fourth-order valence-electron chi connectivity index (χ4n) is 1.91. The number of aromatic nitrogens is 1. The lowest BCUT2D eigenvalue weighted by molar-refractivity contribution is -0.149. The Balaban J connectivity index is 2.78. The molecule has 0 fully saturated rings. The molecular weight excluding hydrogens is 256 g/mol. The van der Waals surface area contributed by atoms with Crippen LogP contribution in [0, 0.1) is 11.3 Å². The molecule has 0 bridgehead atoms. The summed E-state index contributed by atoms with van der Waals surface area (Å²) in [5.74, 6) is -1.03. The van der Waals surface area contributed by atoms with Gasteiger partial charge in [-0.1, -0.05) is 13.8 Å². The van der Waals surface area contributed by atoms with Crippen molar-refractivity contribution in [3.8, 4) is 0 Å². The molecule has 0 spiro atoms. The van der Waals surface area contributed by atoms with Crippen LogP contribution >= 0.6 is 0 Å². The molecule has 1 aromatic rings. The molecule has 2 N–H and O–H groups in total. The van der Waals surface area contributed by atoms with Gasteiger partial charge in [-0.15, -0.1) is 0 Å². The first kappa shape index (κ1) is 16.1. The smallest absolute Gasteiger partial charge is 0.309 e. The summed E-state index contributed by atoms with van der Waals surface area (Å²) in [7, 11) is 0. The van der Waals surface area contributed by atoms with Crippen molar-refractivity contribution in [2.24, 2.45) is 11.3 Å². The minimum atomic E-state index is -1.07. The molecule has 110 valence electrons. The van der Waals surface area contributed by atoms with Gasteiger partial charge in [0.1, 0.15) is 0 Å². The van der Waals surface area contributed by atoms with E-state index < -0.39 is 11.4 Å². The first-order valence-corrected chi connectivity index (χ1v) is 6.66. The zero-order chi connectivity index (χ0) is 15.3. The molecule has 20 heavy (non-hydrogen) atoms. The lowest BCUT2D eigenvalue weighted by atomic mass is 9.88. The van der Waals surface area contributed by atoms with Gasteiger partial charge in [-0.2, -0.15) is 0 Å². The molecule has 5 nitrogen and oxygen atoms in total. The fourth-order valence-corrected chi connectivity index (χ4v) is 1.91. The highest BCUT2D eigenvalue weighted by Gasteiger charge is 2.31. The molecular formula is C15H22N2O3. The van der Waals surface area contributed by atoms with E-state index in [9.17, 15) is 9.59 Å². The van der Waals surface area contributed by atoms with Crippen molar-refractivity contribution in [2.75, 3.05) is 0 Å². The molecule has 0 aliphatic carbocycles. The number of rotatable bonds is 6. The molecule has 0 radical (unpaired) electrons. The molecule has 0 unspecified atom stereocenters. The van der Waals surface area contributed by atoms with Gasteiger partial charge >= 0.3 is 5.97 Å². The van der Waals surface area contributed by atoms with E-state index in [0.717, 1.165) is 5.56 Å². The SMILES string of the molecule is CC(C)[C@H](NC(=O)CC(C)(C)C(=O)O)c1ccncc1. The minimum Gasteiger partial charge on any atom is -0.481 e. The molecule has 1 heterocycles. The lowest BCUT2D eigenvalue weighted by Crippen LogP contribution is -2.37. The molecule has 1 atom stereocenters. The minimum absolute atomic E-state index is 0.0450. The van der Waals surface area contributed by atoms with Crippen LogP contribution in [-0.2, 0) is 9.59 Å². The Morgan fingerprint density at radius 2 is 1.85 bits per heavy atom. The van der Waals surface area contributed by atoms with Gasteiger partial charge < -0.3 is 10.4 Å². The molecule has 0 aliphatic heterocycles. The van der Waals surface area contributed by atoms with E-state index in [4.69, 9.17) is 5.11 Å². The Labute approximate surface area is 119 Å². The number of nitrogens with one attached hydrogen (secondary N) is 1. The average molecular weight is 278 g/mol. The number of carbonyl (C=O) groups excluding carboxylic acids is 1. The number of nitrogens with zero attached hydrogens (tertiary/aromatic N) is 1. The van der Waals surface area contributed by atoms with Gasteiger partial charge in [0.25, 0.3) is 0 Å². The summed E-state index contributed by atoms with van der Waals surface area (Å²) >= 11 is 0. The van der Waals surface area contributed by atoms with Crippen molar-refractivity contribution >= 4 is 11.9 Å². The normalized spacial score (nSPS) is 13.1. The number of hydrogen-bond donors (Lipinski definition) is 2. The second-order valence-electron chi connectivity index (χ2n) is 5.94. The standard InChI is InChI=1S/C15H22N2O3/c1-10(2)13(11-5-7-16-8-6-11)17-12(18)9-15(3,4)14(19)20/h5-8,10,13H,9H2,1-4H3,(H,17,18)(H,19,20)/t13-/m0/s1. The molecule has 0 saturated heterocycles. The van der Waals surface area contributed by atoms with Crippen LogP contribution in [0.15, 0.2) is 24.5 Å². The summed E-state index contributed by atoms with van der Waals surface area (Å²) in [5, 5.41) is 12.0. The van der Waals surface area contributed by atoms with Crippen molar-refractivity contribution in [1.82, 2.24) is 10.3 Å². The van der Waals surface area contributed by atoms with E-state index >= 15 is 0 Å². The first-order valence-electron chi connectivity index (χ1n) is 6.66. The number of carboxylic acids is 1. The first-order chi connectivity index (χ1) is 9.24. The van der Waals surface area contributed by atoms with E-state index in [-0.39, 0.29) is 24.3 Å². The van der Waals surface area contributed by atoms with Gasteiger partial charge in [-0.3, -0.25) is 14.6 Å². The Hall–Kier alpha value is -1.91. The molecule has 0 saturated carbocycles. The van der Waals surface area contributed by atoms with Crippen LogP contribution in [0.4, 0.5) is 0 Å². The predicted molar refractivity (Wildman–Crippen MR) is 76.0 cm³/mol. The maximum absolute atomic E-state index is 12.1.